The van der Waals surface area contributed by atoms with Crippen molar-refractivity contribution in [2.75, 3.05) is 13.2 Å². The van der Waals surface area contributed by atoms with Crippen molar-refractivity contribution in [3.05, 3.63) is 143 Å². The van der Waals surface area contributed by atoms with Gasteiger partial charge in [0.15, 0.2) is 5.78 Å². The number of ketones is 1. The van der Waals surface area contributed by atoms with Gasteiger partial charge in [0.2, 0.25) is 0 Å². The van der Waals surface area contributed by atoms with Gasteiger partial charge in [0.1, 0.15) is 36.2 Å². The highest BCUT2D eigenvalue weighted by molar-refractivity contribution is 5.98. The van der Waals surface area contributed by atoms with E-state index in [9.17, 15) is 15.0 Å². The minimum Gasteiger partial charge on any atom is -0.507 e. The third-order valence-electron chi connectivity index (χ3n) is 6.94. The second-order valence-electron chi connectivity index (χ2n) is 10.7. The zero-order valence-corrected chi connectivity index (χ0v) is 24.6. The number of allylic oxidation sites excluding steroid dienone is 2. The molecule has 0 fully saturated rings. The number of hydrogen-bond acceptors (Lipinski definition) is 5. The smallest absolute Gasteiger partial charge is 0.156 e. The molecule has 42 heavy (non-hydrogen) atoms. The molecule has 0 heterocycles. The molecule has 0 saturated heterocycles. The molecule has 0 radical (unpaired) electrons. The minimum absolute atomic E-state index is 0.0362. The van der Waals surface area contributed by atoms with Gasteiger partial charge in [-0.05, 0) is 63.1 Å². The second-order valence-corrected chi connectivity index (χ2v) is 10.7. The predicted octanol–water partition coefficient (Wildman–Crippen LogP) is 8.32. The number of Topliss-reactive ketones (excluding diaryl/α,β-unsaturated/α-hetero) is 1. The molecule has 216 valence electrons. The van der Waals surface area contributed by atoms with Crippen LogP contribution in [0, 0.1) is 0 Å². The molecule has 4 rings (SSSR count). The lowest BCUT2D eigenvalue weighted by Crippen LogP contribution is -2.23. The largest absolute Gasteiger partial charge is 0.507 e. The number of carbonyl (C=O) groups excluding carboxylic acids is 1. The lowest BCUT2D eigenvalue weighted by molar-refractivity contribution is -0.120. The highest BCUT2D eigenvalue weighted by atomic mass is 16.5. The normalized spacial score (nSPS) is 12.1. The number of hydrogen-bond donors (Lipinski definition) is 2. The Bertz CT molecular complexity index is 1430. The minimum atomic E-state index is -0.809. The van der Waals surface area contributed by atoms with E-state index in [1.807, 2.05) is 101 Å². The molecule has 0 aliphatic heterocycles. The fraction of sp³-hybridized carbons (Fsp3) is 0.216. The monoisotopic (exact) mass is 562 g/mol. The summed E-state index contributed by atoms with van der Waals surface area (Å²) >= 11 is 0. The molecular formula is C37H38O5. The summed E-state index contributed by atoms with van der Waals surface area (Å²) in [6.45, 7) is 8.73. The van der Waals surface area contributed by atoms with Gasteiger partial charge in [-0.1, -0.05) is 83.9 Å². The Morgan fingerprint density at radius 3 is 1.33 bits per heavy atom. The Balaban J connectivity index is 1.77. The molecule has 0 amide bonds. The van der Waals surface area contributed by atoms with Crippen LogP contribution >= 0.6 is 0 Å². The van der Waals surface area contributed by atoms with Crippen molar-refractivity contribution in [3.8, 4) is 23.0 Å². The number of benzene rings is 4. The summed E-state index contributed by atoms with van der Waals surface area (Å²) in [4.78, 5) is 14.7. The van der Waals surface area contributed by atoms with Crippen molar-refractivity contribution >= 4 is 5.78 Å². The molecule has 0 bridgehead atoms. The van der Waals surface area contributed by atoms with Crippen LogP contribution in [-0.2, 0) is 4.79 Å². The number of ether oxygens (including phenoxy) is 2. The Kier molecular flexibility index (Phi) is 10.2. The first-order valence-electron chi connectivity index (χ1n) is 14.1. The van der Waals surface area contributed by atoms with Crippen molar-refractivity contribution in [3.63, 3.8) is 0 Å². The first-order chi connectivity index (χ1) is 20.2. The molecule has 0 saturated carbocycles. The first kappa shape index (κ1) is 30.2. The Morgan fingerprint density at radius 1 is 0.619 bits per heavy atom. The first-order valence-corrected chi connectivity index (χ1v) is 14.1. The molecule has 0 spiro atoms. The van der Waals surface area contributed by atoms with E-state index >= 15 is 0 Å². The van der Waals surface area contributed by atoms with Crippen LogP contribution < -0.4 is 9.47 Å². The van der Waals surface area contributed by atoms with E-state index in [0.29, 0.717) is 35.8 Å². The van der Waals surface area contributed by atoms with Gasteiger partial charge in [0.05, 0.1) is 11.8 Å². The van der Waals surface area contributed by atoms with Crippen LogP contribution in [0.4, 0.5) is 0 Å². The van der Waals surface area contributed by atoms with E-state index in [-0.39, 0.29) is 17.3 Å². The summed E-state index contributed by atoms with van der Waals surface area (Å²) in [6.07, 6.45) is 3.91. The van der Waals surface area contributed by atoms with Crippen LogP contribution in [0.3, 0.4) is 0 Å². The molecule has 0 aliphatic rings. The van der Waals surface area contributed by atoms with Crippen LogP contribution in [-0.4, -0.2) is 29.2 Å². The molecule has 4 aromatic carbocycles. The summed E-state index contributed by atoms with van der Waals surface area (Å²) in [5.41, 5.74) is 4.66. The zero-order valence-electron chi connectivity index (χ0n) is 24.6. The van der Waals surface area contributed by atoms with E-state index in [0.717, 1.165) is 22.3 Å². The maximum Gasteiger partial charge on any atom is 0.156 e. The van der Waals surface area contributed by atoms with Gasteiger partial charge in [-0.15, -0.1) is 0 Å². The molecule has 2 atom stereocenters. The Morgan fingerprint density at radius 2 is 1.00 bits per heavy atom. The van der Waals surface area contributed by atoms with Crippen LogP contribution in [0.5, 0.6) is 23.0 Å². The summed E-state index contributed by atoms with van der Waals surface area (Å²) < 4.78 is 11.6. The highest BCUT2D eigenvalue weighted by Crippen LogP contribution is 2.42. The maximum atomic E-state index is 14.7. The van der Waals surface area contributed by atoms with Crippen LogP contribution in [0.2, 0.25) is 0 Å². The molecular weight excluding hydrogens is 524 g/mol. The molecule has 0 aromatic heterocycles. The third-order valence-corrected chi connectivity index (χ3v) is 6.94. The molecule has 2 unspecified atom stereocenters. The van der Waals surface area contributed by atoms with Gasteiger partial charge in [-0.25, -0.2) is 0 Å². The van der Waals surface area contributed by atoms with E-state index < -0.39 is 11.8 Å². The van der Waals surface area contributed by atoms with E-state index in [2.05, 4.69) is 0 Å². The molecule has 5 heteroatoms. The fourth-order valence-corrected chi connectivity index (χ4v) is 4.78. The quantitative estimate of drug-likeness (QED) is 0.170. The summed E-state index contributed by atoms with van der Waals surface area (Å²) in [7, 11) is 0. The molecule has 0 aliphatic carbocycles. The number of carbonyl (C=O) groups is 1. The standard InChI is InChI=1S/C37H38O5/c1-25(2)19-21-41-29-15-17-31(33(38)23-29)35(27-11-7-5-8-12-27)37(40)36(28-13-9-6-10-14-28)32-18-16-30(24-34(32)39)42-22-20-26(3)4/h5-20,23-24,35-36,38-39H,21-22H2,1-4H3. The van der Waals surface area contributed by atoms with E-state index in [4.69, 9.17) is 9.47 Å². The van der Waals surface area contributed by atoms with Crippen LogP contribution in [0.25, 0.3) is 0 Å². The number of phenolic OH excluding ortho intramolecular Hbond substituents is 2. The number of phenols is 2. The lowest BCUT2D eigenvalue weighted by Gasteiger charge is -2.26. The van der Waals surface area contributed by atoms with Gasteiger partial charge in [0.25, 0.3) is 0 Å². The van der Waals surface area contributed by atoms with Gasteiger partial charge in [-0.3, -0.25) is 4.79 Å². The second kappa shape index (κ2) is 14.2. The number of aromatic hydroxyl groups is 2. The van der Waals surface area contributed by atoms with Gasteiger partial charge in [-0.2, -0.15) is 0 Å². The van der Waals surface area contributed by atoms with Gasteiger partial charge >= 0.3 is 0 Å². The van der Waals surface area contributed by atoms with Crippen molar-refractivity contribution in [1.82, 2.24) is 0 Å². The summed E-state index contributed by atoms with van der Waals surface area (Å²) in [5.74, 6) is -0.860. The summed E-state index contributed by atoms with van der Waals surface area (Å²) in [5, 5.41) is 22.4. The topological polar surface area (TPSA) is 76.0 Å². The lowest BCUT2D eigenvalue weighted by atomic mass is 9.76. The molecule has 4 aromatic rings. The fourth-order valence-electron chi connectivity index (χ4n) is 4.78. The SMILES string of the molecule is CC(C)=CCOc1ccc(C(C(=O)C(c2ccccc2)c2ccc(OCC=C(C)C)cc2O)c2ccccc2)c(O)c1. The Labute approximate surface area is 248 Å². The zero-order chi connectivity index (χ0) is 30.1. The van der Waals surface area contributed by atoms with Gasteiger partial charge in [0, 0.05) is 23.3 Å². The van der Waals surface area contributed by atoms with Gasteiger partial charge < -0.3 is 19.7 Å². The molecule has 2 N–H and O–H groups in total. The number of rotatable bonds is 12. The van der Waals surface area contributed by atoms with E-state index in [1.165, 1.54) is 0 Å². The van der Waals surface area contributed by atoms with Crippen LogP contribution in [0.15, 0.2) is 120 Å². The third kappa shape index (κ3) is 7.70. The van der Waals surface area contributed by atoms with E-state index in [1.54, 1.807) is 36.4 Å². The van der Waals surface area contributed by atoms with Crippen LogP contribution in [0.1, 0.15) is 61.8 Å². The van der Waals surface area contributed by atoms with Crippen molar-refractivity contribution in [1.29, 1.82) is 0 Å². The highest BCUT2D eigenvalue weighted by Gasteiger charge is 2.34. The Hall–Kier alpha value is -4.77. The molecule has 5 nitrogen and oxygen atoms in total. The van der Waals surface area contributed by atoms with Crippen molar-refractivity contribution in [2.45, 2.75) is 39.5 Å². The van der Waals surface area contributed by atoms with Crippen molar-refractivity contribution < 1.29 is 24.5 Å². The maximum absolute atomic E-state index is 14.7. The summed E-state index contributed by atoms with van der Waals surface area (Å²) in [6, 6.07) is 28.9. The predicted molar refractivity (Wildman–Crippen MR) is 168 cm³/mol. The average Bonchev–Trinajstić information content (AvgIpc) is 2.96. The average molecular weight is 563 g/mol. The van der Waals surface area contributed by atoms with Crippen molar-refractivity contribution in [2.24, 2.45) is 0 Å².